The van der Waals surface area contributed by atoms with Crippen LogP contribution >= 0.6 is 0 Å². The van der Waals surface area contributed by atoms with E-state index < -0.39 is 17.8 Å². The van der Waals surface area contributed by atoms with Crippen LogP contribution in [0.1, 0.15) is 10.4 Å². The quantitative estimate of drug-likeness (QED) is 0.471. The van der Waals surface area contributed by atoms with Gasteiger partial charge in [-0.2, -0.15) is 0 Å². The van der Waals surface area contributed by atoms with Gasteiger partial charge in [-0.3, -0.25) is 9.59 Å². The lowest BCUT2D eigenvalue weighted by atomic mass is 10.1. The van der Waals surface area contributed by atoms with Crippen molar-refractivity contribution < 1.29 is 19.5 Å². The van der Waals surface area contributed by atoms with Crippen LogP contribution in [-0.2, 0) is 9.59 Å². The number of aromatic carboxylic acids is 1. The summed E-state index contributed by atoms with van der Waals surface area (Å²) in [4.78, 5) is 34.0. The number of hydrogen-bond acceptors (Lipinski definition) is 5. The van der Waals surface area contributed by atoms with E-state index in [1.807, 2.05) is 0 Å². The van der Waals surface area contributed by atoms with Gasteiger partial charge in [0.15, 0.2) is 0 Å². The first-order chi connectivity index (χ1) is 8.81. The molecule has 0 bridgehead atoms. The molecule has 0 saturated heterocycles. The number of carboxylic acids is 1. The minimum Gasteiger partial charge on any atom is -0.478 e. The van der Waals surface area contributed by atoms with Gasteiger partial charge in [-0.15, -0.1) is 0 Å². The Labute approximate surface area is 108 Å². The van der Waals surface area contributed by atoms with E-state index in [0.717, 1.165) is 0 Å². The summed E-state index contributed by atoms with van der Waals surface area (Å²) in [6.45, 7) is -0.591. The molecule has 7 N–H and O–H groups in total. The molecule has 1 rings (SSSR count). The smallest absolute Gasteiger partial charge is 0.335 e. The Morgan fingerprint density at radius 3 is 2.05 bits per heavy atom. The van der Waals surface area contributed by atoms with Gasteiger partial charge < -0.3 is 27.2 Å². The van der Waals surface area contributed by atoms with Crippen molar-refractivity contribution in [3.63, 3.8) is 0 Å². The van der Waals surface area contributed by atoms with Crippen molar-refractivity contribution >= 4 is 29.2 Å². The largest absolute Gasteiger partial charge is 0.478 e. The van der Waals surface area contributed by atoms with Crippen LogP contribution in [-0.4, -0.2) is 36.0 Å². The Morgan fingerprint density at radius 2 is 1.63 bits per heavy atom. The first-order valence-corrected chi connectivity index (χ1v) is 5.25. The molecule has 19 heavy (non-hydrogen) atoms. The monoisotopic (exact) mass is 266 g/mol. The van der Waals surface area contributed by atoms with Gasteiger partial charge >= 0.3 is 5.97 Å². The van der Waals surface area contributed by atoms with Crippen LogP contribution in [0.4, 0.5) is 11.4 Å². The Kier molecular flexibility index (Phi) is 4.30. The molecule has 0 fully saturated rings. The number of benzene rings is 1. The van der Waals surface area contributed by atoms with Gasteiger partial charge in [0.1, 0.15) is 0 Å². The van der Waals surface area contributed by atoms with E-state index >= 15 is 0 Å². The lowest BCUT2D eigenvalue weighted by Gasteiger charge is -2.23. The lowest BCUT2D eigenvalue weighted by Crippen LogP contribution is -2.40. The Morgan fingerprint density at radius 1 is 1.11 bits per heavy atom. The average molecular weight is 266 g/mol. The highest BCUT2D eigenvalue weighted by atomic mass is 16.4. The molecule has 0 aliphatic carbocycles. The highest BCUT2D eigenvalue weighted by Crippen LogP contribution is 2.24. The van der Waals surface area contributed by atoms with Crippen LogP contribution in [0, 0.1) is 0 Å². The molecule has 0 aromatic heterocycles. The van der Waals surface area contributed by atoms with E-state index in [4.69, 9.17) is 22.3 Å². The van der Waals surface area contributed by atoms with Gasteiger partial charge in [-0.25, -0.2) is 4.79 Å². The molecule has 0 heterocycles. The van der Waals surface area contributed by atoms with Gasteiger partial charge in [0.05, 0.1) is 30.0 Å². The van der Waals surface area contributed by atoms with E-state index in [9.17, 15) is 14.4 Å². The van der Waals surface area contributed by atoms with Crippen molar-refractivity contribution in [1.82, 2.24) is 0 Å². The molecular weight excluding hydrogens is 252 g/mol. The van der Waals surface area contributed by atoms with E-state index in [1.165, 1.54) is 23.1 Å². The number of carbonyl (C=O) groups excluding carboxylic acids is 2. The summed E-state index contributed by atoms with van der Waals surface area (Å²) in [6.07, 6.45) is 0. The number of carbonyl (C=O) groups is 3. The second kappa shape index (κ2) is 5.71. The molecule has 8 heteroatoms. The molecule has 8 nitrogen and oxygen atoms in total. The van der Waals surface area contributed by atoms with Crippen LogP contribution in [0.2, 0.25) is 0 Å². The zero-order chi connectivity index (χ0) is 14.6. The average Bonchev–Trinajstić information content (AvgIpc) is 2.27. The van der Waals surface area contributed by atoms with Crippen LogP contribution in [0.15, 0.2) is 18.2 Å². The molecule has 0 spiro atoms. The SMILES string of the molecule is NC(=O)CN(CC(N)=O)c1cc(C(=O)O)ccc1N. The van der Waals surface area contributed by atoms with Gasteiger partial charge in [0.25, 0.3) is 0 Å². The maximum absolute atomic E-state index is 11.0. The fourth-order valence-electron chi connectivity index (χ4n) is 1.55. The van der Waals surface area contributed by atoms with Crippen LogP contribution in [0.25, 0.3) is 0 Å². The highest BCUT2D eigenvalue weighted by molar-refractivity contribution is 5.92. The van der Waals surface area contributed by atoms with Crippen molar-refractivity contribution in [3.8, 4) is 0 Å². The second-order valence-corrected chi connectivity index (χ2v) is 3.87. The Balaban J connectivity index is 3.19. The summed E-state index contributed by atoms with van der Waals surface area (Å²) in [5.41, 5.74) is 16.2. The third kappa shape index (κ3) is 3.87. The van der Waals surface area contributed by atoms with Gasteiger partial charge in [0, 0.05) is 0 Å². The minimum atomic E-state index is -1.15. The first-order valence-electron chi connectivity index (χ1n) is 5.25. The molecule has 0 aliphatic rings. The van der Waals surface area contributed by atoms with Gasteiger partial charge in [0.2, 0.25) is 11.8 Å². The normalized spacial score (nSPS) is 9.89. The molecule has 0 aliphatic heterocycles. The van der Waals surface area contributed by atoms with Crippen molar-refractivity contribution in [2.45, 2.75) is 0 Å². The molecule has 102 valence electrons. The number of carboxylic acid groups (broad SMARTS) is 1. The fraction of sp³-hybridized carbons (Fsp3) is 0.182. The standard InChI is InChI=1S/C11H14N4O4/c12-7-2-1-6(11(18)19)3-8(7)15(4-9(13)16)5-10(14)17/h1-3H,4-5,12H2,(H2,13,16)(H2,14,17)(H,18,19). The number of nitrogens with two attached hydrogens (primary N) is 3. The van der Waals surface area contributed by atoms with Crippen molar-refractivity contribution in [3.05, 3.63) is 23.8 Å². The molecule has 0 unspecified atom stereocenters. The minimum absolute atomic E-state index is 0.0249. The van der Waals surface area contributed by atoms with Crippen LogP contribution in [0.5, 0.6) is 0 Å². The predicted octanol–water partition coefficient (Wildman–Crippen LogP) is -1.26. The lowest BCUT2D eigenvalue weighted by molar-refractivity contribution is -0.117. The van der Waals surface area contributed by atoms with E-state index in [1.54, 1.807) is 0 Å². The molecule has 0 radical (unpaired) electrons. The number of primary amides is 2. The number of hydrogen-bond donors (Lipinski definition) is 4. The van der Waals surface area contributed by atoms with Gasteiger partial charge in [-0.05, 0) is 18.2 Å². The molecule has 2 amide bonds. The number of amides is 2. The number of nitrogens with zero attached hydrogens (tertiary/aromatic N) is 1. The van der Waals surface area contributed by atoms with Gasteiger partial charge in [-0.1, -0.05) is 0 Å². The van der Waals surface area contributed by atoms with Crippen molar-refractivity contribution in [1.29, 1.82) is 0 Å². The summed E-state index contributed by atoms with van der Waals surface area (Å²) in [6, 6.07) is 3.94. The van der Waals surface area contributed by atoms with E-state index in [0.29, 0.717) is 0 Å². The topological polar surface area (TPSA) is 153 Å². The maximum atomic E-state index is 11.0. The summed E-state index contributed by atoms with van der Waals surface area (Å²) in [7, 11) is 0. The zero-order valence-corrected chi connectivity index (χ0v) is 10.00. The summed E-state index contributed by atoms with van der Waals surface area (Å²) >= 11 is 0. The number of anilines is 2. The molecule has 1 aromatic carbocycles. The van der Waals surface area contributed by atoms with Crippen LogP contribution < -0.4 is 22.1 Å². The summed E-state index contributed by atoms with van der Waals surface area (Å²) < 4.78 is 0. The Bertz CT molecular complexity index is 513. The second-order valence-electron chi connectivity index (χ2n) is 3.87. The maximum Gasteiger partial charge on any atom is 0.335 e. The molecular formula is C11H14N4O4. The Hall–Kier alpha value is -2.77. The zero-order valence-electron chi connectivity index (χ0n) is 10.00. The molecule has 0 atom stereocenters. The predicted molar refractivity (Wildman–Crippen MR) is 68.4 cm³/mol. The first kappa shape index (κ1) is 14.3. The summed E-state index contributed by atoms with van der Waals surface area (Å²) in [5, 5.41) is 8.90. The van der Waals surface area contributed by atoms with Crippen LogP contribution in [0.3, 0.4) is 0 Å². The molecule has 1 aromatic rings. The fourth-order valence-corrected chi connectivity index (χ4v) is 1.55. The summed E-state index contributed by atoms with van der Waals surface area (Å²) in [5.74, 6) is -2.54. The van der Waals surface area contributed by atoms with Crippen molar-refractivity contribution in [2.24, 2.45) is 11.5 Å². The number of rotatable bonds is 6. The van der Waals surface area contributed by atoms with E-state index in [2.05, 4.69) is 0 Å². The third-order valence-corrected chi connectivity index (χ3v) is 2.31. The number of nitrogen functional groups attached to an aromatic ring is 1. The van der Waals surface area contributed by atoms with Crippen molar-refractivity contribution in [2.75, 3.05) is 23.7 Å². The highest BCUT2D eigenvalue weighted by Gasteiger charge is 2.16. The van der Waals surface area contributed by atoms with E-state index in [-0.39, 0.29) is 30.0 Å². The third-order valence-electron chi connectivity index (χ3n) is 2.31. The molecule has 0 saturated carbocycles.